The van der Waals surface area contributed by atoms with E-state index in [9.17, 15) is 9.18 Å². The first kappa shape index (κ1) is 13.6. The topological polar surface area (TPSA) is 29.1 Å². The van der Waals surface area contributed by atoms with Gasteiger partial charge in [-0.15, -0.1) is 0 Å². The second-order valence-corrected chi connectivity index (χ2v) is 4.62. The average molecular weight is 278 g/mol. The van der Waals surface area contributed by atoms with Crippen LogP contribution in [0.2, 0.25) is 5.02 Å². The molecule has 0 fully saturated rings. The van der Waals surface area contributed by atoms with Gasteiger partial charge in [0.15, 0.2) is 0 Å². The number of halogens is 2. The van der Waals surface area contributed by atoms with E-state index in [4.69, 9.17) is 11.6 Å². The molecule has 2 nitrogen and oxygen atoms in total. The van der Waals surface area contributed by atoms with Gasteiger partial charge in [-0.05, 0) is 48.4 Å². The maximum absolute atomic E-state index is 12.7. The molecule has 19 heavy (non-hydrogen) atoms. The van der Waals surface area contributed by atoms with E-state index in [-0.39, 0.29) is 11.7 Å². The van der Waals surface area contributed by atoms with Gasteiger partial charge in [-0.3, -0.25) is 4.79 Å². The smallest absolute Gasteiger partial charge is 0.224 e. The van der Waals surface area contributed by atoms with Crippen molar-refractivity contribution in [3.8, 4) is 0 Å². The fraction of sp³-hybridized carbons (Fsp3) is 0.133. The van der Waals surface area contributed by atoms with Gasteiger partial charge >= 0.3 is 0 Å². The normalized spacial score (nSPS) is 10.2. The minimum Gasteiger partial charge on any atom is -0.326 e. The average Bonchev–Trinajstić information content (AvgIpc) is 2.41. The van der Waals surface area contributed by atoms with Crippen LogP contribution in [-0.4, -0.2) is 5.91 Å². The molecule has 0 spiro atoms. The molecule has 0 aliphatic carbocycles. The molecule has 0 heterocycles. The molecule has 0 saturated carbocycles. The third-order valence-electron chi connectivity index (χ3n) is 2.68. The van der Waals surface area contributed by atoms with E-state index in [0.717, 1.165) is 5.56 Å². The quantitative estimate of drug-likeness (QED) is 0.897. The maximum atomic E-state index is 12.7. The highest BCUT2D eigenvalue weighted by atomic mass is 35.5. The van der Waals surface area contributed by atoms with Crippen molar-refractivity contribution in [2.45, 2.75) is 12.8 Å². The number of aryl methyl sites for hydroxylation is 1. The number of anilines is 1. The number of amides is 1. The minimum absolute atomic E-state index is 0.0958. The number of rotatable bonds is 4. The van der Waals surface area contributed by atoms with Crippen molar-refractivity contribution >= 4 is 23.2 Å². The number of hydrogen-bond acceptors (Lipinski definition) is 1. The van der Waals surface area contributed by atoms with E-state index in [1.807, 2.05) is 12.1 Å². The molecule has 2 rings (SSSR count). The molecule has 0 aromatic heterocycles. The van der Waals surface area contributed by atoms with Gasteiger partial charge in [-0.1, -0.05) is 23.7 Å². The van der Waals surface area contributed by atoms with Crippen molar-refractivity contribution in [1.82, 2.24) is 0 Å². The van der Waals surface area contributed by atoms with Crippen LogP contribution in [0.5, 0.6) is 0 Å². The second kappa shape index (κ2) is 6.34. The number of carbonyl (C=O) groups is 1. The molecule has 2 aromatic carbocycles. The van der Waals surface area contributed by atoms with Gasteiger partial charge in [-0.25, -0.2) is 4.39 Å². The Morgan fingerprint density at radius 1 is 1.05 bits per heavy atom. The SMILES string of the molecule is O=C(CCc1ccc(Cl)cc1)Nc1ccc(F)cc1. The van der Waals surface area contributed by atoms with E-state index in [0.29, 0.717) is 23.6 Å². The van der Waals surface area contributed by atoms with Crippen LogP contribution in [0.15, 0.2) is 48.5 Å². The summed E-state index contributed by atoms with van der Waals surface area (Å²) in [5, 5.41) is 3.40. The first-order valence-electron chi connectivity index (χ1n) is 5.93. The van der Waals surface area contributed by atoms with E-state index in [1.54, 1.807) is 12.1 Å². The second-order valence-electron chi connectivity index (χ2n) is 4.18. The van der Waals surface area contributed by atoms with Crippen LogP contribution in [-0.2, 0) is 11.2 Å². The lowest BCUT2D eigenvalue weighted by atomic mass is 10.1. The Labute approximate surface area is 116 Å². The fourth-order valence-corrected chi connectivity index (χ4v) is 1.79. The van der Waals surface area contributed by atoms with Crippen LogP contribution in [0, 0.1) is 5.82 Å². The number of carbonyl (C=O) groups excluding carboxylic acids is 1. The molecule has 4 heteroatoms. The third kappa shape index (κ3) is 4.38. The van der Waals surface area contributed by atoms with Gasteiger partial charge in [0.2, 0.25) is 5.91 Å². The van der Waals surface area contributed by atoms with Gasteiger partial charge in [-0.2, -0.15) is 0 Å². The number of hydrogen-bond donors (Lipinski definition) is 1. The van der Waals surface area contributed by atoms with Crippen molar-refractivity contribution < 1.29 is 9.18 Å². The first-order valence-corrected chi connectivity index (χ1v) is 6.31. The van der Waals surface area contributed by atoms with Crippen LogP contribution in [0.3, 0.4) is 0 Å². The number of nitrogens with one attached hydrogen (secondary N) is 1. The van der Waals surface area contributed by atoms with Crippen molar-refractivity contribution in [1.29, 1.82) is 0 Å². The summed E-state index contributed by atoms with van der Waals surface area (Å²) in [7, 11) is 0. The van der Waals surface area contributed by atoms with Crippen LogP contribution in [0.4, 0.5) is 10.1 Å². The van der Waals surface area contributed by atoms with Crippen molar-refractivity contribution in [2.75, 3.05) is 5.32 Å². The summed E-state index contributed by atoms with van der Waals surface area (Å²) in [6, 6.07) is 13.1. The van der Waals surface area contributed by atoms with Crippen LogP contribution < -0.4 is 5.32 Å². The summed E-state index contributed by atoms with van der Waals surface area (Å²) in [4.78, 5) is 11.7. The molecule has 0 radical (unpaired) electrons. The Kier molecular flexibility index (Phi) is 4.53. The van der Waals surface area contributed by atoms with Crippen LogP contribution >= 0.6 is 11.6 Å². The zero-order valence-corrected chi connectivity index (χ0v) is 11.0. The molecule has 0 aliphatic heterocycles. The van der Waals surface area contributed by atoms with Gasteiger partial charge in [0.25, 0.3) is 0 Å². The predicted molar refractivity (Wildman–Crippen MR) is 74.8 cm³/mol. The summed E-state index contributed by atoms with van der Waals surface area (Å²) in [6.45, 7) is 0. The summed E-state index contributed by atoms with van der Waals surface area (Å²) >= 11 is 5.78. The lowest BCUT2D eigenvalue weighted by Gasteiger charge is -2.05. The number of benzene rings is 2. The van der Waals surface area contributed by atoms with Gasteiger partial charge in [0, 0.05) is 17.1 Å². The molecule has 0 atom stereocenters. The Morgan fingerprint density at radius 2 is 1.68 bits per heavy atom. The van der Waals surface area contributed by atoms with Crippen LogP contribution in [0.1, 0.15) is 12.0 Å². The molecular weight excluding hydrogens is 265 g/mol. The molecule has 2 aromatic rings. The van der Waals surface area contributed by atoms with Gasteiger partial charge < -0.3 is 5.32 Å². The van der Waals surface area contributed by atoms with Crippen molar-refractivity contribution in [3.63, 3.8) is 0 Å². The standard InChI is InChI=1S/C15H13ClFNO/c16-12-4-1-11(2-5-12)3-10-15(19)18-14-8-6-13(17)7-9-14/h1-2,4-9H,3,10H2,(H,18,19). The molecule has 0 bridgehead atoms. The lowest BCUT2D eigenvalue weighted by molar-refractivity contribution is -0.116. The highest BCUT2D eigenvalue weighted by Crippen LogP contribution is 2.12. The van der Waals surface area contributed by atoms with Crippen molar-refractivity contribution in [3.05, 3.63) is 64.9 Å². The van der Waals surface area contributed by atoms with Gasteiger partial charge in [0.05, 0.1) is 0 Å². The monoisotopic (exact) mass is 277 g/mol. The Hall–Kier alpha value is -1.87. The van der Waals surface area contributed by atoms with Gasteiger partial charge in [0.1, 0.15) is 5.82 Å². The molecule has 1 N–H and O–H groups in total. The summed E-state index contributed by atoms with van der Waals surface area (Å²) in [5.74, 6) is -0.416. The largest absolute Gasteiger partial charge is 0.326 e. The third-order valence-corrected chi connectivity index (χ3v) is 2.93. The first-order chi connectivity index (χ1) is 9.13. The van der Waals surface area contributed by atoms with Crippen LogP contribution in [0.25, 0.3) is 0 Å². The molecular formula is C15H13ClFNO. The summed E-state index contributed by atoms with van der Waals surface area (Å²) in [5.41, 5.74) is 1.65. The highest BCUT2D eigenvalue weighted by Gasteiger charge is 2.03. The highest BCUT2D eigenvalue weighted by molar-refractivity contribution is 6.30. The summed E-state index contributed by atoms with van der Waals surface area (Å²) in [6.07, 6.45) is 1.02. The Morgan fingerprint density at radius 3 is 2.32 bits per heavy atom. The van der Waals surface area contributed by atoms with E-state index in [1.165, 1.54) is 24.3 Å². The van der Waals surface area contributed by atoms with E-state index in [2.05, 4.69) is 5.32 Å². The Balaban J connectivity index is 1.84. The summed E-state index contributed by atoms with van der Waals surface area (Å²) < 4.78 is 12.7. The van der Waals surface area contributed by atoms with Crippen molar-refractivity contribution in [2.24, 2.45) is 0 Å². The fourth-order valence-electron chi connectivity index (χ4n) is 1.67. The maximum Gasteiger partial charge on any atom is 0.224 e. The lowest BCUT2D eigenvalue weighted by Crippen LogP contribution is -2.12. The zero-order chi connectivity index (χ0) is 13.7. The van der Waals surface area contributed by atoms with E-state index >= 15 is 0 Å². The van der Waals surface area contributed by atoms with E-state index < -0.39 is 0 Å². The zero-order valence-electron chi connectivity index (χ0n) is 10.2. The Bertz CT molecular complexity index is 551. The molecule has 1 amide bonds. The molecule has 98 valence electrons. The predicted octanol–water partition coefficient (Wildman–Crippen LogP) is 4.05. The molecule has 0 unspecified atom stereocenters. The molecule has 0 saturated heterocycles. The molecule has 0 aliphatic rings. The minimum atomic E-state index is -0.320.